The van der Waals surface area contributed by atoms with Gasteiger partial charge in [0.25, 0.3) is 0 Å². The molecule has 35 heavy (non-hydrogen) atoms. The lowest BCUT2D eigenvalue weighted by Crippen LogP contribution is -2.38. The summed E-state index contributed by atoms with van der Waals surface area (Å²) >= 11 is 0. The lowest BCUT2D eigenvalue weighted by Gasteiger charge is -2.31. The van der Waals surface area contributed by atoms with E-state index in [4.69, 9.17) is 14.2 Å². The highest BCUT2D eigenvalue weighted by molar-refractivity contribution is 5.98. The summed E-state index contributed by atoms with van der Waals surface area (Å²) < 4.78 is 15.7. The van der Waals surface area contributed by atoms with E-state index in [9.17, 15) is 19.2 Å². The van der Waals surface area contributed by atoms with E-state index < -0.39 is 24.5 Å². The summed E-state index contributed by atoms with van der Waals surface area (Å²) in [7, 11) is 1.51. The zero-order valence-corrected chi connectivity index (χ0v) is 19.7. The molecule has 1 amide bonds. The van der Waals surface area contributed by atoms with Crippen molar-refractivity contribution in [2.24, 2.45) is 5.92 Å². The Labute approximate surface area is 204 Å². The molecule has 1 heterocycles. The SMILES string of the molecule is COc1cccc(C(=O)Oc2ccc(C(=O)COC(=O)C3CC(=O)N(C4CCCCC4)C3)cc2)c1. The number of amides is 1. The molecule has 0 spiro atoms. The second kappa shape index (κ2) is 11.2. The fourth-order valence-corrected chi connectivity index (χ4v) is 4.60. The Bertz CT molecular complexity index is 1090. The van der Waals surface area contributed by atoms with E-state index in [1.165, 1.54) is 37.8 Å². The molecular formula is C27H29NO7. The van der Waals surface area contributed by atoms with Gasteiger partial charge in [0.05, 0.1) is 18.6 Å². The fourth-order valence-electron chi connectivity index (χ4n) is 4.60. The standard InChI is InChI=1S/C27H29NO7/c1-33-23-9-5-6-19(14-23)27(32)35-22-12-10-18(11-13-22)24(29)17-34-26(31)20-15-25(30)28(16-20)21-7-3-2-4-8-21/h5-6,9-14,20-21H,2-4,7-8,15-17H2,1H3. The number of Topliss-reactive ketones (excluding diaryl/α,β-unsaturated/α-hetero) is 1. The van der Waals surface area contributed by atoms with Crippen LogP contribution in [0.1, 0.15) is 59.2 Å². The van der Waals surface area contributed by atoms with Gasteiger partial charge < -0.3 is 19.1 Å². The van der Waals surface area contributed by atoms with Gasteiger partial charge in [0.15, 0.2) is 12.4 Å². The number of ether oxygens (including phenoxy) is 3. The lowest BCUT2D eigenvalue weighted by molar-refractivity contribution is -0.147. The van der Waals surface area contributed by atoms with E-state index in [2.05, 4.69) is 0 Å². The van der Waals surface area contributed by atoms with E-state index in [-0.39, 0.29) is 29.9 Å². The van der Waals surface area contributed by atoms with Gasteiger partial charge >= 0.3 is 11.9 Å². The number of benzene rings is 2. The molecule has 1 unspecified atom stereocenters. The molecule has 0 aromatic heterocycles. The van der Waals surface area contributed by atoms with Crippen molar-refractivity contribution in [1.29, 1.82) is 0 Å². The Morgan fingerprint density at radius 2 is 1.69 bits per heavy atom. The third-order valence-corrected chi connectivity index (χ3v) is 6.55. The molecule has 2 fully saturated rings. The van der Waals surface area contributed by atoms with Crippen molar-refractivity contribution in [3.63, 3.8) is 0 Å². The molecule has 1 saturated carbocycles. The molecule has 184 valence electrons. The van der Waals surface area contributed by atoms with E-state index in [0.717, 1.165) is 25.7 Å². The number of likely N-dealkylation sites (tertiary alicyclic amines) is 1. The quantitative estimate of drug-likeness (QED) is 0.322. The van der Waals surface area contributed by atoms with Crippen LogP contribution in [0.15, 0.2) is 48.5 Å². The molecule has 1 atom stereocenters. The first-order chi connectivity index (χ1) is 16.9. The van der Waals surface area contributed by atoms with Gasteiger partial charge in [-0.05, 0) is 55.3 Å². The number of nitrogens with zero attached hydrogens (tertiary/aromatic N) is 1. The predicted octanol–water partition coefficient (Wildman–Crippen LogP) is 3.82. The fraction of sp³-hybridized carbons (Fsp3) is 0.407. The van der Waals surface area contributed by atoms with Gasteiger partial charge in [0.1, 0.15) is 11.5 Å². The highest BCUT2D eigenvalue weighted by Gasteiger charge is 2.39. The van der Waals surface area contributed by atoms with E-state index >= 15 is 0 Å². The Balaban J connectivity index is 1.26. The van der Waals surface area contributed by atoms with Crippen LogP contribution in [0, 0.1) is 5.92 Å². The topological polar surface area (TPSA) is 99.2 Å². The molecule has 8 nitrogen and oxygen atoms in total. The maximum Gasteiger partial charge on any atom is 0.343 e. The molecule has 4 rings (SSSR count). The van der Waals surface area contributed by atoms with Crippen molar-refractivity contribution in [2.75, 3.05) is 20.3 Å². The maximum absolute atomic E-state index is 12.5. The summed E-state index contributed by atoms with van der Waals surface area (Å²) in [5, 5.41) is 0. The first-order valence-corrected chi connectivity index (χ1v) is 11.9. The van der Waals surface area contributed by atoms with Gasteiger partial charge in [-0.15, -0.1) is 0 Å². The van der Waals surface area contributed by atoms with Gasteiger partial charge in [-0.2, -0.15) is 0 Å². The molecule has 2 aromatic rings. The molecule has 1 saturated heterocycles. The summed E-state index contributed by atoms with van der Waals surface area (Å²) in [4.78, 5) is 51.5. The minimum Gasteiger partial charge on any atom is -0.497 e. The minimum absolute atomic E-state index is 0.00995. The third kappa shape index (κ3) is 6.07. The smallest absolute Gasteiger partial charge is 0.343 e. The Kier molecular flexibility index (Phi) is 7.80. The maximum atomic E-state index is 12.5. The van der Waals surface area contributed by atoms with Crippen LogP contribution >= 0.6 is 0 Å². The molecule has 1 aliphatic heterocycles. The number of carbonyl (C=O) groups excluding carboxylic acids is 4. The largest absolute Gasteiger partial charge is 0.497 e. The van der Waals surface area contributed by atoms with Crippen molar-refractivity contribution in [1.82, 2.24) is 4.90 Å². The third-order valence-electron chi connectivity index (χ3n) is 6.55. The van der Waals surface area contributed by atoms with Crippen molar-refractivity contribution >= 4 is 23.6 Å². The van der Waals surface area contributed by atoms with Gasteiger partial charge in [-0.1, -0.05) is 25.3 Å². The summed E-state index contributed by atoms with van der Waals surface area (Å²) in [6, 6.07) is 12.8. The summed E-state index contributed by atoms with van der Waals surface area (Å²) in [5.41, 5.74) is 0.661. The number of methoxy groups -OCH3 is 1. The molecule has 8 heteroatoms. The molecule has 2 aliphatic rings. The second-order valence-corrected chi connectivity index (χ2v) is 8.92. The van der Waals surface area contributed by atoms with E-state index in [1.54, 1.807) is 24.3 Å². The Morgan fingerprint density at radius 3 is 2.40 bits per heavy atom. The average molecular weight is 480 g/mol. The van der Waals surface area contributed by atoms with Crippen LogP contribution in [0.4, 0.5) is 0 Å². The van der Waals surface area contributed by atoms with Gasteiger partial charge in [0, 0.05) is 24.6 Å². The van der Waals surface area contributed by atoms with Crippen molar-refractivity contribution in [2.45, 2.75) is 44.6 Å². The highest BCUT2D eigenvalue weighted by Crippen LogP contribution is 2.29. The van der Waals surface area contributed by atoms with Crippen molar-refractivity contribution < 1.29 is 33.4 Å². The number of hydrogen-bond donors (Lipinski definition) is 0. The van der Waals surface area contributed by atoms with Crippen LogP contribution < -0.4 is 9.47 Å². The second-order valence-electron chi connectivity index (χ2n) is 8.92. The normalized spacial score (nSPS) is 18.3. The monoisotopic (exact) mass is 479 g/mol. The predicted molar refractivity (Wildman–Crippen MR) is 126 cm³/mol. The summed E-state index contributed by atoms with van der Waals surface area (Å²) in [5.74, 6) is -1.17. The lowest BCUT2D eigenvalue weighted by atomic mass is 9.94. The molecule has 2 aromatic carbocycles. The number of carbonyl (C=O) groups is 4. The number of ketones is 1. The van der Waals surface area contributed by atoms with Crippen LogP contribution in [0.25, 0.3) is 0 Å². The van der Waals surface area contributed by atoms with Gasteiger partial charge in [-0.25, -0.2) is 4.79 Å². The van der Waals surface area contributed by atoms with Gasteiger partial charge in [0.2, 0.25) is 5.91 Å². The minimum atomic E-state index is -0.551. The zero-order valence-electron chi connectivity index (χ0n) is 19.7. The van der Waals surface area contributed by atoms with E-state index in [1.807, 2.05) is 4.90 Å². The van der Waals surface area contributed by atoms with Crippen LogP contribution in [-0.2, 0) is 14.3 Å². The molecule has 1 aliphatic carbocycles. The molecule has 0 N–H and O–H groups in total. The van der Waals surface area contributed by atoms with Crippen LogP contribution in [-0.4, -0.2) is 54.8 Å². The molecule has 0 radical (unpaired) electrons. The first kappa shape index (κ1) is 24.4. The highest BCUT2D eigenvalue weighted by atomic mass is 16.5. The number of hydrogen-bond acceptors (Lipinski definition) is 7. The van der Waals surface area contributed by atoms with Gasteiger partial charge in [-0.3, -0.25) is 14.4 Å². The first-order valence-electron chi connectivity index (χ1n) is 11.9. The summed E-state index contributed by atoms with van der Waals surface area (Å²) in [6.07, 6.45) is 5.51. The van der Waals surface area contributed by atoms with Crippen molar-refractivity contribution in [3.05, 3.63) is 59.7 Å². The number of esters is 2. The molecule has 0 bridgehead atoms. The van der Waals surface area contributed by atoms with Crippen LogP contribution in [0.2, 0.25) is 0 Å². The zero-order chi connectivity index (χ0) is 24.8. The number of rotatable bonds is 8. The van der Waals surface area contributed by atoms with Crippen LogP contribution in [0.3, 0.4) is 0 Å². The van der Waals surface area contributed by atoms with Crippen molar-refractivity contribution in [3.8, 4) is 11.5 Å². The molecular weight excluding hydrogens is 450 g/mol. The van der Waals surface area contributed by atoms with Crippen LogP contribution in [0.5, 0.6) is 11.5 Å². The Hall–Kier alpha value is -3.68. The Morgan fingerprint density at radius 1 is 0.943 bits per heavy atom. The summed E-state index contributed by atoms with van der Waals surface area (Å²) in [6.45, 7) is -0.0419. The van der Waals surface area contributed by atoms with E-state index in [0.29, 0.717) is 23.4 Å². The average Bonchev–Trinajstić information content (AvgIpc) is 3.29.